The van der Waals surface area contributed by atoms with Crippen molar-refractivity contribution in [3.63, 3.8) is 0 Å². The lowest BCUT2D eigenvalue weighted by atomic mass is 9.95. The van der Waals surface area contributed by atoms with Gasteiger partial charge in [0.2, 0.25) is 0 Å². The Morgan fingerprint density at radius 3 is 2.38 bits per heavy atom. The van der Waals surface area contributed by atoms with Gasteiger partial charge in [-0.1, -0.05) is 51.5 Å². The average molecular weight is 288 g/mol. The Bertz CT molecular complexity index is 412. The van der Waals surface area contributed by atoms with Crippen LogP contribution in [0.4, 0.5) is 0 Å². The third-order valence-electron chi connectivity index (χ3n) is 5.27. The summed E-state index contributed by atoms with van der Waals surface area (Å²) in [5.74, 6) is 0.689. The second kappa shape index (κ2) is 7.95. The lowest BCUT2D eigenvalue weighted by molar-refractivity contribution is 0.111. The second-order valence-electron chi connectivity index (χ2n) is 6.34. The van der Waals surface area contributed by atoms with Gasteiger partial charge in [0.1, 0.15) is 0 Å². The van der Waals surface area contributed by atoms with E-state index in [2.05, 4.69) is 49.9 Å². The van der Waals surface area contributed by atoms with Crippen LogP contribution in [0.2, 0.25) is 0 Å². The van der Waals surface area contributed by atoms with Gasteiger partial charge in [0.15, 0.2) is 0 Å². The number of nitrogens with two attached hydrogens (primary N) is 1. The zero-order chi connectivity index (χ0) is 15.2. The quantitative estimate of drug-likeness (QED) is 0.816. The van der Waals surface area contributed by atoms with E-state index in [9.17, 15) is 0 Å². The molecule has 3 unspecified atom stereocenters. The lowest BCUT2D eigenvalue weighted by Crippen LogP contribution is -2.42. The summed E-state index contributed by atoms with van der Waals surface area (Å²) < 4.78 is 0. The first-order valence-corrected chi connectivity index (χ1v) is 8.79. The number of benzene rings is 1. The van der Waals surface area contributed by atoms with Crippen LogP contribution < -0.4 is 5.73 Å². The molecule has 21 heavy (non-hydrogen) atoms. The molecule has 0 saturated heterocycles. The minimum atomic E-state index is 0.540. The SMILES string of the molecule is CCc1ccc(C(CC)N(CC)C2CCCC2CN)cc1. The maximum Gasteiger partial charge on any atom is 0.0348 e. The highest BCUT2D eigenvalue weighted by atomic mass is 15.2. The van der Waals surface area contributed by atoms with Crippen LogP contribution >= 0.6 is 0 Å². The Balaban J connectivity index is 2.19. The Hall–Kier alpha value is -0.860. The van der Waals surface area contributed by atoms with Gasteiger partial charge in [-0.25, -0.2) is 0 Å². The zero-order valence-corrected chi connectivity index (χ0v) is 14.0. The van der Waals surface area contributed by atoms with E-state index in [0.717, 1.165) is 19.5 Å². The third-order valence-corrected chi connectivity index (χ3v) is 5.27. The molecule has 1 aliphatic rings. The first kappa shape index (κ1) is 16.5. The van der Waals surface area contributed by atoms with Gasteiger partial charge in [0, 0.05) is 12.1 Å². The monoisotopic (exact) mass is 288 g/mol. The third kappa shape index (κ3) is 3.67. The smallest absolute Gasteiger partial charge is 0.0348 e. The summed E-state index contributed by atoms with van der Waals surface area (Å²) in [4.78, 5) is 2.71. The summed E-state index contributed by atoms with van der Waals surface area (Å²) in [6, 6.07) is 10.5. The Kier molecular flexibility index (Phi) is 6.25. The fourth-order valence-corrected chi connectivity index (χ4v) is 4.05. The molecule has 1 aliphatic carbocycles. The first-order chi connectivity index (χ1) is 10.2. The first-order valence-electron chi connectivity index (χ1n) is 8.79. The number of hydrogen-bond acceptors (Lipinski definition) is 2. The van der Waals surface area contributed by atoms with Gasteiger partial charge < -0.3 is 5.73 Å². The molecule has 2 rings (SSSR count). The van der Waals surface area contributed by atoms with Crippen LogP contribution in [0.5, 0.6) is 0 Å². The molecule has 0 radical (unpaired) electrons. The summed E-state index contributed by atoms with van der Waals surface area (Å²) in [7, 11) is 0. The Morgan fingerprint density at radius 2 is 1.86 bits per heavy atom. The summed E-state index contributed by atoms with van der Waals surface area (Å²) >= 11 is 0. The van der Waals surface area contributed by atoms with E-state index in [1.165, 1.54) is 36.8 Å². The molecule has 0 aromatic heterocycles. The maximum absolute atomic E-state index is 6.01. The number of hydrogen-bond donors (Lipinski definition) is 1. The van der Waals surface area contributed by atoms with Crippen LogP contribution in [0, 0.1) is 5.92 Å². The zero-order valence-electron chi connectivity index (χ0n) is 14.0. The van der Waals surface area contributed by atoms with E-state index in [0.29, 0.717) is 18.0 Å². The van der Waals surface area contributed by atoms with Gasteiger partial charge >= 0.3 is 0 Å². The van der Waals surface area contributed by atoms with E-state index >= 15 is 0 Å². The highest BCUT2D eigenvalue weighted by Crippen LogP contribution is 2.35. The molecule has 1 saturated carbocycles. The molecule has 0 spiro atoms. The lowest BCUT2D eigenvalue weighted by Gasteiger charge is -2.38. The van der Waals surface area contributed by atoms with Crippen LogP contribution in [0.3, 0.4) is 0 Å². The molecule has 1 aromatic rings. The molecule has 118 valence electrons. The molecule has 0 bridgehead atoms. The van der Waals surface area contributed by atoms with Crippen molar-refractivity contribution in [1.29, 1.82) is 0 Å². The van der Waals surface area contributed by atoms with E-state index < -0.39 is 0 Å². The highest BCUT2D eigenvalue weighted by molar-refractivity contribution is 5.25. The number of rotatable bonds is 7. The van der Waals surface area contributed by atoms with E-state index in [-0.39, 0.29) is 0 Å². The average Bonchev–Trinajstić information content (AvgIpc) is 3.01. The van der Waals surface area contributed by atoms with Crippen molar-refractivity contribution in [1.82, 2.24) is 4.90 Å². The molecule has 0 amide bonds. The van der Waals surface area contributed by atoms with Gasteiger partial charge in [-0.2, -0.15) is 0 Å². The molecule has 2 N–H and O–H groups in total. The minimum Gasteiger partial charge on any atom is -0.330 e. The highest BCUT2D eigenvalue weighted by Gasteiger charge is 2.33. The Labute approximate surface area is 130 Å². The largest absolute Gasteiger partial charge is 0.330 e. The van der Waals surface area contributed by atoms with Crippen LogP contribution in [0.25, 0.3) is 0 Å². The molecule has 0 heterocycles. The molecular formula is C19H32N2. The normalized spacial score (nSPS) is 23.7. The van der Waals surface area contributed by atoms with Gasteiger partial charge in [0.25, 0.3) is 0 Å². The standard InChI is InChI=1S/C19H32N2/c1-4-15-10-12-16(13-11-15)18(5-2)21(6-3)19-9-7-8-17(19)14-20/h10-13,17-19H,4-9,14,20H2,1-3H3. The molecule has 3 atom stereocenters. The molecule has 1 fully saturated rings. The number of aryl methyl sites for hydroxylation is 1. The van der Waals surface area contributed by atoms with Crippen molar-refractivity contribution >= 4 is 0 Å². The van der Waals surface area contributed by atoms with Crippen molar-refractivity contribution in [2.24, 2.45) is 11.7 Å². The maximum atomic E-state index is 6.01. The summed E-state index contributed by atoms with van der Waals surface area (Å²) in [5, 5.41) is 0. The van der Waals surface area contributed by atoms with Crippen molar-refractivity contribution in [3.05, 3.63) is 35.4 Å². The molecule has 0 aliphatic heterocycles. The van der Waals surface area contributed by atoms with Gasteiger partial charge in [-0.05, 0) is 55.8 Å². The van der Waals surface area contributed by atoms with Crippen LogP contribution in [0.1, 0.15) is 63.6 Å². The minimum absolute atomic E-state index is 0.540. The molecule has 1 aromatic carbocycles. The number of nitrogens with zero attached hydrogens (tertiary/aromatic N) is 1. The van der Waals surface area contributed by atoms with Crippen molar-refractivity contribution < 1.29 is 0 Å². The fourth-order valence-electron chi connectivity index (χ4n) is 4.05. The van der Waals surface area contributed by atoms with Crippen LogP contribution in [0.15, 0.2) is 24.3 Å². The second-order valence-corrected chi connectivity index (χ2v) is 6.34. The Morgan fingerprint density at radius 1 is 1.14 bits per heavy atom. The van der Waals surface area contributed by atoms with Crippen LogP contribution in [-0.4, -0.2) is 24.0 Å². The molecular weight excluding hydrogens is 256 g/mol. The van der Waals surface area contributed by atoms with Gasteiger partial charge in [-0.15, -0.1) is 0 Å². The van der Waals surface area contributed by atoms with E-state index in [1.807, 2.05) is 0 Å². The molecule has 2 nitrogen and oxygen atoms in total. The topological polar surface area (TPSA) is 29.3 Å². The fraction of sp³-hybridized carbons (Fsp3) is 0.684. The van der Waals surface area contributed by atoms with Gasteiger partial charge in [-0.3, -0.25) is 4.90 Å². The van der Waals surface area contributed by atoms with Crippen molar-refractivity contribution in [2.45, 2.75) is 65.0 Å². The summed E-state index contributed by atoms with van der Waals surface area (Å²) in [5.41, 5.74) is 8.91. The van der Waals surface area contributed by atoms with Gasteiger partial charge in [0.05, 0.1) is 0 Å². The summed E-state index contributed by atoms with van der Waals surface area (Å²) in [6.07, 6.45) is 6.26. The predicted octanol–water partition coefficient (Wildman–Crippen LogP) is 4.15. The van der Waals surface area contributed by atoms with E-state index in [1.54, 1.807) is 0 Å². The van der Waals surface area contributed by atoms with Crippen molar-refractivity contribution in [3.8, 4) is 0 Å². The van der Waals surface area contributed by atoms with Crippen molar-refractivity contribution in [2.75, 3.05) is 13.1 Å². The van der Waals surface area contributed by atoms with Crippen LogP contribution in [-0.2, 0) is 6.42 Å². The van der Waals surface area contributed by atoms with E-state index in [4.69, 9.17) is 5.73 Å². The summed E-state index contributed by atoms with van der Waals surface area (Å²) in [6.45, 7) is 8.79. The predicted molar refractivity (Wildman–Crippen MR) is 91.4 cm³/mol. The molecule has 2 heteroatoms.